The van der Waals surface area contributed by atoms with E-state index in [-0.39, 0.29) is 18.7 Å². The standard InChI is InChI=1S/C27H28N4O4S/c1-16-21-8-7-19(35-20-11-12-34-15-20)13-23(21)26(31-30-16)29-17(2)24-9-10-25(36-24)22-6-4-3-5-18(22)14-28-27(32)33/h3-10,13,17,20,28H,11-12,14-15H2,1-2H3,(H,29,31)(H,32,33)/t17-,20+/m1/s1. The van der Waals surface area contributed by atoms with Crippen molar-refractivity contribution in [1.82, 2.24) is 15.5 Å². The van der Waals surface area contributed by atoms with Gasteiger partial charge in [-0.2, -0.15) is 5.10 Å². The molecule has 186 valence electrons. The summed E-state index contributed by atoms with van der Waals surface area (Å²) in [5.41, 5.74) is 2.82. The quantitative estimate of drug-likeness (QED) is 0.279. The van der Waals surface area contributed by atoms with Crippen LogP contribution in [0.4, 0.5) is 10.6 Å². The number of amides is 1. The summed E-state index contributed by atoms with van der Waals surface area (Å²) in [6.45, 7) is 5.66. The monoisotopic (exact) mass is 504 g/mol. The second kappa shape index (κ2) is 10.5. The van der Waals surface area contributed by atoms with Crippen LogP contribution in [0.25, 0.3) is 21.2 Å². The van der Waals surface area contributed by atoms with E-state index < -0.39 is 6.09 Å². The van der Waals surface area contributed by atoms with Crippen LogP contribution >= 0.6 is 11.3 Å². The van der Waals surface area contributed by atoms with E-state index in [1.807, 2.05) is 49.4 Å². The van der Waals surface area contributed by atoms with Gasteiger partial charge in [0.2, 0.25) is 0 Å². The number of aromatic nitrogens is 2. The number of aryl methyl sites for hydroxylation is 1. The lowest BCUT2D eigenvalue weighted by Crippen LogP contribution is -2.20. The van der Waals surface area contributed by atoms with Crippen LogP contribution in [-0.2, 0) is 11.3 Å². The molecule has 9 heteroatoms. The average molecular weight is 505 g/mol. The zero-order valence-corrected chi connectivity index (χ0v) is 21.0. The van der Waals surface area contributed by atoms with E-state index in [2.05, 4.69) is 39.9 Å². The first-order chi connectivity index (χ1) is 17.5. The van der Waals surface area contributed by atoms with Crippen molar-refractivity contribution in [3.63, 3.8) is 0 Å². The number of hydrogen-bond acceptors (Lipinski definition) is 7. The number of benzene rings is 2. The third-order valence-electron chi connectivity index (χ3n) is 6.25. The predicted octanol–water partition coefficient (Wildman–Crippen LogP) is 5.78. The maximum Gasteiger partial charge on any atom is 0.404 e. The van der Waals surface area contributed by atoms with Gasteiger partial charge >= 0.3 is 6.09 Å². The average Bonchev–Trinajstić information content (AvgIpc) is 3.57. The molecule has 1 aliphatic rings. The third kappa shape index (κ3) is 5.27. The minimum atomic E-state index is -1.04. The molecule has 1 fully saturated rings. The number of nitrogens with one attached hydrogen (secondary N) is 2. The molecule has 0 radical (unpaired) electrons. The first-order valence-corrected chi connectivity index (χ1v) is 12.7. The fourth-order valence-corrected chi connectivity index (χ4v) is 5.41. The van der Waals surface area contributed by atoms with E-state index in [9.17, 15) is 4.79 Å². The number of anilines is 1. The number of ether oxygens (including phenoxy) is 2. The van der Waals surface area contributed by atoms with Crippen molar-refractivity contribution in [2.75, 3.05) is 18.5 Å². The van der Waals surface area contributed by atoms with Gasteiger partial charge in [-0.1, -0.05) is 24.3 Å². The molecule has 2 aromatic carbocycles. The number of thiophene rings is 1. The summed E-state index contributed by atoms with van der Waals surface area (Å²) in [5.74, 6) is 1.50. The second-order valence-corrected chi connectivity index (χ2v) is 9.94. The molecule has 0 bridgehead atoms. The fraction of sp³-hybridized carbons (Fsp3) is 0.296. The molecule has 0 aliphatic carbocycles. The Morgan fingerprint density at radius 1 is 1.19 bits per heavy atom. The number of carbonyl (C=O) groups is 1. The lowest BCUT2D eigenvalue weighted by molar-refractivity contribution is 0.141. The minimum absolute atomic E-state index is 0.0129. The van der Waals surface area contributed by atoms with Gasteiger partial charge in [0, 0.05) is 33.5 Å². The highest BCUT2D eigenvalue weighted by Gasteiger charge is 2.19. The lowest BCUT2D eigenvalue weighted by Gasteiger charge is -2.17. The number of fused-ring (bicyclic) bond motifs is 1. The molecule has 5 rings (SSSR count). The molecule has 3 N–H and O–H groups in total. The van der Waals surface area contributed by atoms with Gasteiger partial charge in [-0.25, -0.2) is 4.79 Å². The van der Waals surface area contributed by atoms with Gasteiger partial charge in [0.25, 0.3) is 0 Å². The molecule has 2 atom stereocenters. The van der Waals surface area contributed by atoms with E-state index in [0.717, 1.165) is 56.1 Å². The van der Waals surface area contributed by atoms with Crippen molar-refractivity contribution in [3.8, 4) is 16.2 Å². The minimum Gasteiger partial charge on any atom is -0.488 e. The summed E-state index contributed by atoms with van der Waals surface area (Å²) in [7, 11) is 0. The molecule has 0 spiro atoms. The number of nitrogens with zero attached hydrogens (tertiary/aromatic N) is 2. The summed E-state index contributed by atoms with van der Waals surface area (Å²) in [4.78, 5) is 13.2. The number of rotatable bonds is 8. The van der Waals surface area contributed by atoms with E-state index >= 15 is 0 Å². The Kier molecular flexibility index (Phi) is 7.02. The van der Waals surface area contributed by atoms with Crippen LogP contribution in [0.3, 0.4) is 0 Å². The van der Waals surface area contributed by atoms with Gasteiger partial charge in [-0.05, 0) is 55.3 Å². The molecule has 8 nitrogen and oxygen atoms in total. The SMILES string of the molecule is Cc1nnc(N[C@H](C)c2ccc(-c3ccccc3CNC(=O)O)s2)c2cc(O[C@H]3CCOC3)ccc12. The van der Waals surface area contributed by atoms with Gasteiger partial charge in [0.15, 0.2) is 5.82 Å². The van der Waals surface area contributed by atoms with Crippen molar-refractivity contribution in [2.45, 2.75) is 39.0 Å². The van der Waals surface area contributed by atoms with Crippen molar-refractivity contribution in [2.24, 2.45) is 0 Å². The van der Waals surface area contributed by atoms with Gasteiger partial charge < -0.3 is 25.2 Å². The second-order valence-electron chi connectivity index (χ2n) is 8.83. The van der Waals surface area contributed by atoms with Crippen molar-refractivity contribution in [3.05, 3.63) is 70.7 Å². The van der Waals surface area contributed by atoms with Crippen LogP contribution in [0.5, 0.6) is 5.75 Å². The van der Waals surface area contributed by atoms with E-state index in [4.69, 9.17) is 14.6 Å². The lowest BCUT2D eigenvalue weighted by atomic mass is 10.1. The molecule has 36 heavy (non-hydrogen) atoms. The van der Waals surface area contributed by atoms with Gasteiger partial charge in [0.1, 0.15) is 11.9 Å². The van der Waals surface area contributed by atoms with Gasteiger partial charge in [-0.3, -0.25) is 0 Å². The predicted molar refractivity (Wildman–Crippen MR) is 141 cm³/mol. The first-order valence-electron chi connectivity index (χ1n) is 11.9. The van der Waals surface area contributed by atoms with E-state index in [1.54, 1.807) is 11.3 Å². The Morgan fingerprint density at radius 3 is 2.86 bits per heavy atom. The Hall–Kier alpha value is -3.69. The maximum absolute atomic E-state index is 11.0. The molecule has 0 unspecified atom stereocenters. The Balaban J connectivity index is 1.38. The fourth-order valence-electron chi connectivity index (χ4n) is 4.34. The zero-order valence-electron chi connectivity index (χ0n) is 20.2. The van der Waals surface area contributed by atoms with Crippen LogP contribution in [0.1, 0.15) is 35.5 Å². The normalized spacial score (nSPS) is 16.1. The third-order valence-corrected chi connectivity index (χ3v) is 7.55. The zero-order chi connectivity index (χ0) is 25.1. The molecule has 4 aromatic rings. The van der Waals surface area contributed by atoms with Crippen LogP contribution in [0.2, 0.25) is 0 Å². The Bertz CT molecular complexity index is 1380. The molecule has 2 aromatic heterocycles. The highest BCUT2D eigenvalue weighted by molar-refractivity contribution is 7.15. The summed E-state index contributed by atoms with van der Waals surface area (Å²) < 4.78 is 11.6. The molecular weight excluding hydrogens is 476 g/mol. The molecule has 0 saturated carbocycles. The summed E-state index contributed by atoms with van der Waals surface area (Å²) in [5, 5.41) is 25.8. The van der Waals surface area contributed by atoms with Crippen LogP contribution in [-0.4, -0.2) is 40.7 Å². The highest BCUT2D eigenvalue weighted by Crippen LogP contribution is 2.36. The largest absolute Gasteiger partial charge is 0.488 e. The van der Waals surface area contributed by atoms with Gasteiger partial charge in [0.05, 0.1) is 24.9 Å². The Labute approximate surface area is 213 Å². The summed E-state index contributed by atoms with van der Waals surface area (Å²) >= 11 is 1.67. The highest BCUT2D eigenvalue weighted by atomic mass is 32.1. The number of hydrogen-bond donors (Lipinski definition) is 3. The first kappa shape index (κ1) is 24.0. The number of carboxylic acid groups (broad SMARTS) is 1. The maximum atomic E-state index is 11.0. The molecular formula is C27H28N4O4S. The Morgan fingerprint density at radius 2 is 2.06 bits per heavy atom. The van der Waals surface area contributed by atoms with E-state index in [1.165, 1.54) is 0 Å². The summed E-state index contributed by atoms with van der Waals surface area (Å²) in [6.07, 6.45) is -0.0675. The molecule has 1 amide bonds. The van der Waals surface area contributed by atoms with Gasteiger partial charge in [-0.15, -0.1) is 16.4 Å². The summed E-state index contributed by atoms with van der Waals surface area (Å²) in [6, 6.07) is 18.0. The smallest absolute Gasteiger partial charge is 0.404 e. The topological polar surface area (TPSA) is 106 Å². The van der Waals surface area contributed by atoms with Crippen LogP contribution in [0, 0.1) is 6.92 Å². The molecule has 1 saturated heterocycles. The van der Waals surface area contributed by atoms with Crippen molar-refractivity contribution in [1.29, 1.82) is 0 Å². The van der Waals surface area contributed by atoms with Crippen LogP contribution in [0.15, 0.2) is 54.6 Å². The molecule has 3 heterocycles. The van der Waals surface area contributed by atoms with Crippen LogP contribution < -0.4 is 15.4 Å². The van der Waals surface area contributed by atoms with Crippen molar-refractivity contribution >= 4 is 34.0 Å². The molecule has 1 aliphatic heterocycles. The van der Waals surface area contributed by atoms with Crippen molar-refractivity contribution < 1.29 is 19.4 Å². The van der Waals surface area contributed by atoms with E-state index in [0.29, 0.717) is 12.4 Å².